The first-order valence-electron chi connectivity index (χ1n) is 9.25. The first kappa shape index (κ1) is 20.0. The third kappa shape index (κ3) is 5.63. The summed E-state index contributed by atoms with van der Waals surface area (Å²) in [6.45, 7) is 4.78. The second kappa shape index (κ2) is 9.46. The monoisotopic (exact) mass is 398 g/mol. The summed E-state index contributed by atoms with van der Waals surface area (Å²) < 4.78 is 18.7. The number of nitrogens with zero attached hydrogens (tertiary/aromatic N) is 1. The summed E-state index contributed by atoms with van der Waals surface area (Å²) in [5.74, 6) is 0.921. The van der Waals surface area contributed by atoms with Gasteiger partial charge >= 0.3 is 0 Å². The minimum Gasteiger partial charge on any atom is -0.494 e. The highest BCUT2D eigenvalue weighted by atomic mass is 32.1. The summed E-state index contributed by atoms with van der Waals surface area (Å²) in [6.07, 6.45) is 0.976. The lowest BCUT2D eigenvalue weighted by Gasteiger charge is -2.08. The Kier molecular flexibility index (Phi) is 6.76. The number of hydrogen-bond donors (Lipinski definition) is 1. The molecule has 0 radical (unpaired) electrons. The van der Waals surface area contributed by atoms with Gasteiger partial charge in [0.15, 0.2) is 5.13 Å². The van der Waals surface area contributed by atoms with Crippen molar-refractivity contribution >= 4 is 22.4 Å². The summed E-state index contributed by atoms with van der Waals surface area (Å²) in [7, 11) is 0. The number of hydrogen-bond acceptors (Lipinski definition) is 4. The number of rotatable bonds is 8. The largest absolute Gasteiger partial charge is 0.494 e. The van der Waals surface area contributed by atoms with Crippen LogP contribution in [-0.4, -0.2) is 17.5 Å². The molecule has 3 aromatic rings. The van der Waals surface area contributed by atoms with Crippen molar-refractivity contribution < 1.29 is 13.9 Å². The van der Waals surface area contributed by atoms with Gasteiger partial charge in [0, 0.05) is 17.4 Å². The van der Waals surface area contributed by atoms with E-state index in [1.807, 2.05) is 17.5 Å². The van der Waals surface area contributed by atoms with Crippen LogP contribution in [0.4, 0.5) is 9.52 Å². The van der Waals surface area contributed by atoms with Crippen molar-refractivity contribution in [3.05, 3.63) is 65.3 Å². The highest BCUT2D eigenvalue weighted by molar-refractivity contribution is 7.14. The number of benzene rings is 2. The van der Waals surface area contributed by atoms with Gasteiger partial charge in [-0.3, -0.25) is 4.79 Å². The second-order valence-electron chi connectivity index (χ2n) is 6.77. The zero-order valence-corrected chi connectivity index (χ0v) is 16.8. The molecule has 0 bridgehead atoms. The van der Waals surface area contributed by atoms with E-state index in [1.165, 1.54) is 29.0 Å². The van der Waals surface area contributed by atoms with Crippen molar-refractivity contribution in [2.45, 2.75) is 32.6 Å². The third-order valence-electron chi connectivity index (χ3n) is 4.25. The lowest BCUT2D eigenvalue weighted by molar-refractivity contribution is -0.116. The van der Waals surface area contributed by atoms with Gasteiger partial charge in [-0.1, -0.05) is 26.0 Å². The molecule has 0 fully saturated rings. The molecule has 0 aliphatic rings. The molecule has 146 valence electrons. The molecule has 1 heterocycles. The van der Waals surface area contributed by atoms with E-state index in [1.54, 1.807) is 12.1 Å². The van der Waals surface area contributed by atoms with Crippen molar-refractivity contribution in [1.82, 2.24) is 4.98 Å². The summed E-state index contributed by atoms with van der Waals surface area (Å²) in [6, 6.07) is 14.2. The van der Waals surface area contributed by atoms with Gasteiger partial charge in [0.05, 0.1) is 12.3 Å². The number of thiazole rings is 1. The van der Waals surface area contributed by atoms with Crippen LogP contribution >= 0.6 is 11.3 Å². The number of carbonyl (C=O) groups excluding carboxylic acids is 1. The molecule has 0 saturated carbocycles. The van der Waals surface area contributed by atoms with E-state index in [4.69, 9.17) is 4.74 Å². The van der Waals surface area contributed by atoms with Gasteiger partial charge in [0.25, 0.3) is 0 Å². The standard InChI is InChI=1S/C22H23FN2O2S/c1-15(2)16-7-11-19(12-8-16)27-13-3-4-21(26)25-22-24-20(14-28-22)17-5-9-18(23)10-6-17/h5-12,14-15H,3-4,13H2,1-2H3,(H,24,25,26). The van der Waals surface area contributed by atoms with Gasteiger partial charge in [-0.25, -0.2) is 9.37 Å². The van der Waals surface area contributed by atoms with E-state index in [9.17, 15) is 9.18 Å². The molecule has 1 N–H and O–H groups in total. The van der Waals surface area contributed by atoms with Crippen LogP contribution in [0.1, 0.15) is 38.2 Å². The number of aromatic nitrogens is 1. The number of anilines is 1. The van der Waals surface area contributed by atoms with Crippen LogP contribution in [0.5, 0.6) is 5.75 Å². The quantitative estimate of drug-likeness (QED) is 0.483. The fourth-order valence-corrected chi connectivity index (χ4v) is 3.37. The van der Waals surface area contributed by atoms with E-state index < -0.39 is 0 Å². The average molecular weight is 399 g/mol. The molecule has 28 heavy (non-hydrogen) atoms. The molecule has 1 amide bonds. The summed E-state index contributed by atoms with van der Waals surface area (Å²) in [5, 5.41) is 5.18. The first-order chi connectivity index (χ1) is 13.5. The van der Waals surface area contributed by atoms with Crippen molar-refractivity contribution in [3.8, 4) is 17.0 Å². The lowest BCUT2D eigenvalue weighted by atomic mass is 10.0. The highest BCUT2D eigenvalue weighted by Crippen LogP contribution is 2.25. The van der Waals surface area contributed by atoms with Gasteiger partial charge in [-0.05, 0) is 54.3 Å². The minimum atomic E-state index is -0.286. The molecule has 0 atom stereocenters. The van der Waals surface area contributed by atoms with Gasteiger partial charge in [-0.2, -0.15) is 0 Å². The second-order valence-corrected chi connectivity index (χ2v) is 7.63. The van der Waals surface area contributed by atoms with Crippen molar-refractivity contribution in [2.24, 2.45) is 0 Å². The van der Waals surface area contributed by atoms with Gasteiger partial charge < -0.3 is 10.1 Å². The Morgan fingerprint density at radius 2 is 1.86 bits per heavy atom. The normalized spacial score (nSPS) is 10.9. The maximum atomic E-state index is 13.0. The Morgan fingerprint density at radius 1 is 1.14 bits per heavy atom. The zero-order valence-electron chi connectivity index (χ0n) is 15.9. The predicted molar refractivity (Wildman–Crippen MR) is 111 cm³/mol. The van der Waals surface area contributed by atoms with Crippen LogP contribution in [0.3, 0.4) is 0 Å². The highest BCUT2D eigenvalue weighted by Gasteiger charge is 2.08. The molecule has 0 aliphatic heterocycles. The summed E-state index contributed by atoms with van der Waals surface area (Å²) in [4.78, 5) is 16.5. The molecule has 1 aromatic heterocycles. The van der Waals surface area contributed by atoms with Crippen LogP contribution in [-0.2, 0) is 4.79 Å². The third-order valence-corrected chi connectivity index (χ3v) is 5.01. The Bertz CT molecular complexity index is 905. The SMILES string of the molecule is CC(C)c1ccc(OCCCC(=O)Nc2nc(-c3ccc(F)cc3)cs2)cc1. The minimum absolute atomic E-state index is 0.0984. The molecule has 6 heteroatoms. The molecular formula is C22H23FN2O2S. The molecular weight excluding hydrogens is 375 g/mol. The number of ether oxygens (including phenoxy) is 1. The molecule has 4 nitrogen and oxygen atoms in total. The smallest absolute Gasteiger partial charge is 0.226 e. The molecule has 2 aromatic carbocycles. The molecule has 0 spiro atoms. The Balaban J connectivity index is 1.41. The fourth-order valence-electron chi connectivity index (χ4n) is 2.64. The van der Waals surface area contributed by atoms with Crippen LogP contribution in [0.2, 0.25) is 0 Å². The number of amides is 1. The molecule has 0 saturated heterocycles. The zero-order chi connectivity index (χ0) is 19.9. The lowest BCUT2D eigenvalue weighted by Crippen LogP contribution is -2.12. The number of carbonyl (C=O) groups is 1. The molecule has 0 aliphatic carbocycles. The van der Waals surface area contributed by atoms with E-state index >= 15 is 0 Å². The Morgan fingerprint density at radius 3 is 2.54 bits per heavy atom. The summed E-state index contributed by atoms with van der Waals surface area (Å²) >= 11 is 1.35. The van der Waals surface area contributed by atoms with E-state index in [0.29, 0.717) is 36.2 Å². The van der Waals surface area contributed by atoms with Crippen LogP contribution in [0.25, 0.3) is 11.3 Å². The van der Waals surface area contributed by atoms with E-state index in [2.05, 4.69) is 36.3 Å². The fraction of sp³-hybridized carbons (Fsp3) is 0.273. The first-order valence-corrected chi connectivity index (χ1v) is 10.1. The van der Waals surface area contributed by atoms with Crippen LogP contribution < -0.4 is 10.1 Å². The van der Waals surface area contributed by atoms with Crippen molar-refractivity contribution in [1.29, 1.82) is 0 Å². The Labute approximate surface area is 168 Å². The Hall–Kier alpha value is -2.73. The average Bonchev–Trinajstić information content (AvgIpc) is 3.14. The van der Waals surface area contributed by atoms with Gasteiger partial charge in [0.2, 0.25) is 5.91 Å². The van der Waals surface area contributed by atoms with Crippen LogP contribution in [0, 0.1) is 5.82 Å². The summed E-state index contributed by atoms with van der Waals surface area (Å²) in [5.41, 5.74) is 2.80. The molecule has 3 rings (SSSR count). The van der Waals surface area contributed by atoms with Crippen molar-refractivity contribution in [3.63, 3.8) is 0 Å². The number of halogens is 1. The van der Waals surface area contributed by atoms with Crippen molar-refractivity contribution in [2.75, 3.05) is 11.9 Å². The number of nitrogens with one attached hydrogen (secondary N) is 1. The maximum absolute atomic E-state index is 13.0. The predicted octanol–water partition coefficient (Wildman–Crippen LogP) is 5.87. The topological polar surface area (TPSA) is 51.2 Å². The van der Waals surface area contributed by atoms with Gasteiger partial charge in [-0.15, -0.1) is 11.3 Å². The van der Waals surface area contributed by atoms with Gasteiger partial charge in [0.1, 0.15) is 11.6 Å². The van der Waals surface area contributed by atoms with Crippen LogP contribution in [0.15, 0.2) is 53.9 Å². The van der Waals surface area contributed by atoms with E-state index in [-0.39, 0.29) is 11.7 Å². The molecule has 0 unspecified atom stereocenters. The maximum Gasteiger partial charge on any atom is 0.226 e. The van der Waals surface area contributed by atoms with E-state index in [0.717, 1.165) is 11.3 Å².